The van der Waals surface area contributed by atoms with Crippen molar-refractivity contribution >= 4 is 17.9 Å². The first-order valence-electron chi connectivity index (χ1n) is 16.6. The van der Waals surface area contributed by atoms with E-state index < -0.39 is 37.2 Å². The second-order valence-corrected chi connectivity index (χ2v) is 12.6. The van der Waals surface area contributed by atoms with E-state index in [2.05, 4.69) is 37.7 Å². The predicted octanol–water partition coefficient (Wildman–Crippen LogP) is 0.859. The fourth-order valence-corrected chi connectivity index (χ4v) is 5.74. The number of amides is 3. The highest BCUT2D eigenvalue weighted by Crippen LogP contribution is 2.25. The Kier molecular flexibility index (Phi) is 13.9. The van der Waals surface area contributed by atoms with Gasteiger partial charge in [0.25, 0.3) is 0 Å². The Morgan fingerprint density at radius 1 is 1.04 bits per heavy atom. The molecule has 0 unspecified atom stereocenters. The monoisotopic (exact) mass is 659 g/mol. The number of halogens is 1. The van der Waals surface area contributed by atoms with Crippen molar-refractivity contribution in [1.29, 1.82) is 0 Å². The molecule has 2 aliphatic rings. The number of piperidine rings is 1. The van der Waals surface area contributed by atoms with Gasteiger partial charge in [-0.3, -0.25) is 4.79 Å². The van der Waals surface area contributed by atoms with E-state index in [0.29, 0.717) is 56.6 Å². The average molecular weight is 660 g/mol. The Bertz CT molecular complexity index is 1260. The molecule has 260 valence electrons. The lowest BCUT2D eigenvalue weighted by Gasteiger charge is -2.39. The molecule has 47 heavy (non-hydrogen) atoms. The van der Waals surface area contributed by atoms with E-state index in [0.717, 1.165) is 56.7 Å². The largest absolute Gasteiger partial charge is 0.493 e. The Morgan fingerprint density at radius 2 is 1.74 bits per heavy atom. The maximum atomic E-state index is 14.8. The van der Waals surface area contributed by atoms with Crippen molar-refractivity contribution < 1.29 is 34.0 Å². The number of aromatic nitrogens is 2. The number of nitrogens with one attached hydrogen (secondary N) is 3. The minimum atomic E-state index is -1.48. The van der Waals surface area contributed by atoms with Gasteiger partial charge in [0.15, 0.2) is 0 Å². The van der Waals surface area contributed by atoms with Crippen molar-refractivity contribution in [1.82, 2.24) is 30.8 Å². The zero-order valence-electron chi connectivity index (χ0n) is 27.3. The highest BCUT2D eigenvalue weighted by molar-refractivity contribution is 5.79. The lowest BCUT2D eigenvalue weighted by molar-refractivity contribution is -0.136. The number of carbonyl (C=O) groups is 2. The number of ether oxygens (including phenoxy) is 1. The van der Waals surface area contributed by atoms with E-state index in [-0.39, 0.29) is 18.2 Å². The number of benzene rings is 1. The van der Waals surface area contributed by atoms with Gasteiger partial charge >= 0.3 is 6.03 Å². The maximum absolute atomic E-state index is 14.8. The summed E-state index contributed by atoms with van der Waals surface area (Å²) < 4.78 is 20.6. The molecule has 4 rings (SSSR count). The molecule has 0 radical (unpaired) electrons. The van der Waals surface area contributed by atoms with Crippen LogP contribution >= 0.6 is 0 Å². The summed E-state index contributed by atoms with van der Waals surface area (Å²) in [5, 5.41) is 36.0. The van der Waals surface area contributed by atoms with Crippen LogP contribution in [-0.4, -0.2) is 120 Å². The zero-order chi connectivity index (χ0) is 33.6. The summed E-state index contributed by atoms with van der Waals surface area (Å²) in [6.45, 7) is 5.31. The van der Waals surface area contributed by atoms with Crippen molar-refractivity contribution in [3.63, 3.8) is 0 Å². The molecule has 1 aromatic heterocycles. The van der Waals surface area contributed by atoms with Crippen LogP contribution in [0, 0.1) is 17.7 Å². The second-order valence-electron chi connectivity index (χ2n) is 12.6. The summed E-state index contributed by atoms with van der Waals surface area (Å²) in [6.07, 6.45) is 8.88. The SMILES string of the molecule is CCc1cnc(N2CCC(CCCOc3ccc(CC(=O)N4CC(CNCCNC(=O)NC(CO)(CO)CO)C4)c(F)c3)CC2)nc1. The van der Waals surface area contributed by atoms with Gasteiger partial charge in [-0.1, -0.05) is 13.0 Å². The number of anilines is 1. The molecular weight excluding hydrogens is 609 g/mol. The number of aliphatic hydroxyl groups excluding tert-OH is 3. The molecule has 0 spiro atoms. The third kappa shape index (κ3) is 10.7. The van der Waals surface area contributed by atoms with Crippen molar-refractivity contribution in [2.45, 2.75) is 51.0 Å². The van der Waals surface area contributed by atoms with Crippen LogP contribution in [0.3, 0.4) is 0 Å². The highest BCUT2D eigenvalue weighted by atomic mass is 19.1. The fourth-order valence-electron chi connectivity index (χ4n) is 5.74. The summed E-state index contributed by atoms with van der Waals surface area (Å²) in [5.74, 6) is 1.60. The average Bonchev–Trinajstić information content (AvgIpc) is 3.07. The number of aryl methyl sites for hydroxylation is 1. The van der Waals surface area contributed by atoms with Crippen LogP contribution in [0.4, 0.5) is 15.1 Å². The molecule has 2 aromatic rings. The van der Waals surface area contributed by atoms with E-state index in [1.54, 1.807) is 17.0 Å². The first-order valence-corrected chi connectivity index (χ1v) is 16.6. The van der Waals surface area contributed by atoms with Crippen LogP contribution in [0.15, 0.2) is 30.6 Å². The lowest BCUT2D eigenvalue weighted by atomic mass is 9.92. The molecule has 0 aliphatic carbocycles. The number of hydrogen-bond acceptors (Lipinski definition) is 10. The van der Waals surface area contributed by atoms with E-state index in [9.17, 15) is 29.3 Å². The van der Waals surface area contributed by atoms with Gasteiger partial charge in [-0.2, -0.15) is 0 Å². The van der Waals surface area contributed by atoms with Gasteiger partial charge < -0.3 is 45.8 Å². The van der Waals surface area contributed by atoms with E-state index in [4.69, 9.17) is 4.74 Å². The number of hydrogen-bond donors (Lipinski definition) is 6. The van der Waals surface area contributed by atoms with Crippen LogP contribution in [0.2, 0.25) is 0 Å². The van der Waals surface area contributed by atoms with Gasteiger partial charge in [-0.05, 0) is 55.2 Å². The number of aliphatic hydroxyl groups is 3. The molecule has 0 saturated carbocycles. The van der Waals surface area contributed by atoms with Crippen molar-refractivity contribution in [3.05, 3.63) is 47.5 Å². The smallest absolute Gasteiger partial charge is 0.315 e. The second kappa shape index (κ2) is 18.1. The molecule has 0 atom stereocenters. The van der Waals surface area contributed by atoms with Gasteiger partial charge in [-0.25, -0.2) is 19.2 Å². The quantitative estimate of drug-likeness (QED) is 0.126. The zero-order valence-corrected chi connectivity index (χ0v) is 27.3. The van der Waals surface area contributed by atoms with E-state index in [1.165, 1.54) is 6.07 Å². The van der Waals surface area contributed by atoms with Gasteiger partial charge in [0, 0.05) is 70.2 Å². The van der Waals surface area contributed by atoms with Crippen LogP contribution in [0.1, 0.15) is 43.7 Å². The molecular formula is C33H50FN7O6. The van der Waals surface area contributed by atoms with E-state index >= 15 is 0 Å². The number of nitrogens with zero attached hydrogens (tertiary/aromatic N) is 4. The van der Waals surface area contributed by atoms with Crippen molar-refractivity contribution in [2.75, 3.05) is 77.1 Å². The topological polar surface area (TPSA) is 172 Å². The fraction of sp³-hybridized carbons (Fsp3) is 0.636. The summed E-state index contributed by atoms with van der Waals surface area (Å²) in [6, 6.07) is 4.10. The third-order valence-electron chi connectivity index (χ3n) is 9.01. The van der Waals surface area contributed by atoms with Gasteiger partial charge in [0.05, 0.1) is 32.8 Å². The lowest BCUT2D eigenvalue weighted by Crippen LogP contribution is -2.59. The van der Waals surface area contributed by atoms with Gasteiger partial charge in [-0.15, -0.1) is 0 Å². The molecule has 3 amide bonds. The molecule has 2 fully saturated rings. The molecule has 14 heteroatoms. The van der Waals surface area contributed by atoms with Crippen LogP contribution in [0.25, 0.3) is 0 Å². The first kappa shape index (κ1) is 36.2. The Labute approximate surface area is 275 Å². The molecule has 6 N–H and O–H groups in total. The molecule has 13 nitrogen and oxygen atoms in total. The minimum Gasteiger partial charge on any atom is -0.493 e. The van der Waals surface area contributed by atoms with Gasteiger partial charge in [0.1, 0.15) is 17.1 Å². The Morgan fingerprint density at radius 3 is 2.38 bits per heavy atom. The summed E-state index contributed by atoms with van der Waals surface area (Å²) in [4.78, 5) is 37.6. The Hall–Kier alpha value is -3.59. The number of urea groups is 1. The van der Waals surface area contributed by atoms with Gasteiger partial charge in [0.2, 0.25) is 11.9 Å². The third-order valence-corrected chi connectivity index (χ3v) is 9.01. The normalized spacial score (nSPS) is 15.8. The van der Waals surface area contributed by atoms with Crippen molar-refractivity contribution in [2.24, 2.45) is 11.8 Å². The minimum absolute atomic E-state index is 0.00517. The standard InChI is InChI=1S/C33H50FN7O6/c1-2-24-17-37-31(38-18-24)40-11-7-25(8-12-40)4-3-13-47-28-6-5-27(29(34)15-28)14-30(45)41-19-26(20-41)16-35-9-10-36-32(46)39-33(21-42,22-43)23-44/h5-6,15,17-18,25-26,35,42-44H,2-4,7-14,16,19-23H2,1H3,(H2,36,39,46). The number of rotatable bonds is 18. The molecule has 2 saturated heterocycles. The molecule has 2 aliphatic heterocycles. The molecule has 3 heterocycles. The number of likely N-dealkylation sites (tertiary alicyclic amines) is 1. The summed E-state index contributed by atoms with van der Waals surface area (Å²) >= 11 is 0. The summed E-state index contributed by atoms with van der Waals surface area (Å²) in [5.41, 5.74) is 0.0154. The molecule has 0 bridgehead atoms. The van der Waals surface area contributed by atoms with Crippen LogP contribution in [-0.2, 0) is 17.6 Å². The summed E-state index contributed by atoms with van der Waals surface area (Å²) in [7, 11) is 0. The first-order chi connectivity index (χ1) is 22.8. The predicted molar refractivity (Wildman–Crippen MR) is 175 cm³/mol. The van der Waals surface area contributed by atoms with Crippen LogP contribution in [0.5, 0.6) is 5.75 Å². The van der Waals surface area contributed by atoms with Crippen LogP contribution < -0.4 is 25.6 Å². The Balaban J connectivity index is 1.05. The maximum Gasteiger partial charge on any atom is 0.315 e. The highest BCUT2D eigenvalue weighted by Gasteiger charge is 2.31. The van der Waals surface area contributed by atoms with Crippen molar-refractivity contribution in [3.8, 4) is 5.75 Å². The number of carbonyl (C=O) groups excluding carboxylic acids is 2. The van der Waals surface area contributed by atoms with E-state index in [1.807, 2.05) is 12.4 Å². The molecule has 1 aromatic carbocycles.